The predicted molar refractivity (Wildman–Crippen MR) is 45.6 cm³/mol. The standard InChI is InChI=1S/C8H8N4O/c1-6-10-5-3-7(11-6)12-8(13)2-4-9/h3,5H,2H2,1H3,(H,10,11,12,13). The molecule has 1 heterocycles. The van der Waals surface area contributed by atoms with Crippen LogP contribution in [0.5, 0.6) is 0 Å². The Balaban J connectivity index is 2.65. The lowest BCUT2D eigenvalue weighted by atomic mass is 10.4. The number of carbonyl (C=O) groups is 1. The Bertz CT molecular complexity index is 355. The Morgan fingerprint density at radius 3 is 3.15 bits per heavy atom. The third kappa shape index (κ3) is 2.87. The summed E-state index contributed by atoms with van der Waals surface area (Å²) in [6, 6.07) is 3.32. The molecule has 66 valence electrons. The predicted octanol–water partition coefficient (Wildman–Crippen LogP) is 0.637. The summed E-state index contributed by atoms with van der Waals surface area (Å²) in [6.45, 7) is 1.72. The summed E-state index contributed by atoms with van der Waals surface area (Å²) in [5.74, 6) is 0.642. The van der Waals surface area contributed by atoms with Gasteiger partial charge < -0.3 is 5.32 Å². The molecule has 0 bridgehead atoms. The highest BCUT2D eigenvalue weighted by Crippen LogP contribution is 2.01. The van der Waals surface area contributed by atoms with Gasteiger partial charge in [0.05, 0.1) is 6.07 Å². The third-order valence-electron chi connectivity index (χ3n) is 1.28. The fourth-order valence-corrected chi connectivity index (χ4v) is 0.785. The molecule has 1 rings (SSSR count). The first-order chi connectivity index (χ1) is 6.22. The molecule has 0 atom stereocenters. The Labute approximate surface area is 75.4 Å². The van der Waals surface area contributed by atoms with Crippen LogP contribution in [0.15, 0.2) is 12.3 Å². The summed E-state index contributed by atoms with van der Waals surface area (Å²) in [7, 11) is 0. The number of anilines is 1. The first-order valence-corrected chi connectivity index (χ1v) is 3.69. The second kappa shape index (κ2) is 4.16. The van der Waals surface area contributed by atoms with E-state index in [4.69, 9.17) is 5.26 Å². The average molecular weight is 176 g/mol. The Kier molecular flexibility index (Phi) is 2.92. The van der Waals surface area contributed by atoms with Crippen LogP contribution in [0.25, 0.3) is 0 Å². The van der Waals surface area contributed by atoms with Crippen molar-refractivity contribution in [2.45, 2.75) is 13.3 Å². The van der Waals surface area contributed by atoms with E-state index in [1.807, 2.05) is 0 Å². The van der Waals surface area contributed by atoms with Gasteiger partial charge in [0.15, 0.2) is 0 Å². The first kappa shape index (κ1) is 9.13. The summed E-state index contributed by atoms with van der Waals surface area (Å²) in [5.41, 5.74) is 0. The zero-order valence-corrected chi connectivity index (χ0v) is 7.11. The Hall–Kier alpha value is -1.96. The van der Waals surface area contributed by atoms with Crippen molar-refractivity contribution in [3.8, 4) is 6.07 Å². The van der Waals surface area contributed by atoms with Gasteiger partial charge in [-0.1, -0.05) is 0 Å². The van der Waals surface area contributed by atoms with E-state index in [9.17, 15) is 4.79 Å². The summed E-state index contributed by atoms with van der Waals surface area (Å²) in [5, 5.41) is 10.7. The highest BCUT2D eigenvalue weighted by molar-refractivity contribution is 5.91. The Morgan fingerprint density at radius 1 is 1.77 bits per heavy atom. The second-order valence-electron chi connectivity index (χ2n) is 2.37. The fraction of sp³-hybridized carbons (Fsp3) is 0.250. The van der Waals surface area contributed by atoms with Gasteiger partial charge in [-0.3, -0.25) is 4.79 Å². The van der Waals surface area contributed by atoms with E-state index in [1.165, 1.54) is 0 Å². The zero-order chi connectivity index (χ0) is 9.68. The monoisotopic (exact) mass is 176 g/mol. The number of nitriles is 1. The van der Waals surface area contributed by atoms with E-state index in [0.29, 0.717) is 11.6 Å². The lowest BCUT2D eigenvalue weighted by molar-refractivity contribution is -0.115. The van der Waals surface area contributed by atoms with Crippen molar-refractivity contribution < 1.29 is 4.79 Å². The minimum atomic E-state index is -0.361. The second-order valence-corrected chi connectivity index (χ2v) is 2.37. The highest BCUT2D eigenvalue weighted by atomic mass is 16.1. The van der Waals surface area contributed by atoms with E-state index in [2.05, 4.69) is 15.3 Å². The molecule has 0 saturated carbocycles. The smallest absolute Gasteiger partial charge is 0.239 e. The maximum absolute atomic E-state index is 10.9. The van der Waals surface area contributed by atoms with E-state index in [-0.39, 0.29) is 12.3 Å². The normalized spacial score (nSPS) is 8.92. The van der Waals surface area contributed by atoms with Crippen LogP contribution in [0.2, 0.25) is 0 Å². The molecule has 0 fully saturated rings. The highest BCUT2D eigenvalue weighted by Gasteiger charge is 2.01. The molecule has 13 heavy (non-hydrogen) atoms. The van der Waals surface area contributed by atoms with Gasteiger partial charge in [-0.25, -0.2) is 9.97 Å². The van der Waals surface area contributed by atoms with Gasteiger partial charge in [-0.05, 0) is 13.0 Å². The van der Waals surface area contributed by atoms with Crippen molar-refractivity contribution >= 4 is 11.7 Å². The third-order valence-corrected chi connectivity index (χ3v) is 1.28. The molecule has 0 spiro atoms. The van der Waals surface area contributed by atoms with Crippen LogP contribution >= 0.6 is 0 Å². The van der Waals surface area contributed by atoms with Crippen LogP contribution in [0, 0.1) is 18.3 Å². The van der Waals surface area contributed by atoms with Crippen LogP contribution in [0.4, 0.5) is 5.82 Å². The molecule has 1 amide bonds. The first-order valence-electron chi connectivity index (χ1n) is 3.69. The molecule has 1 aromatic rings. The van der Waals surface area contributed by atoms with Crippen LogP contribution < -0.4 is 5.32 Å². The number of nitrogens with zero attached hydrogens (tertiary/aromatic N) is 3. The molecule has 1 aromatic heterocycles. The summed E-state index contributed by atoms with van der Waals surface area (Å²) in [6.07, 6.45) is 1.38. The number of hydrogen-bond acceptors (Lipinski definition) is 4. The van der Waals surface area contributed by atoms with Gasteiger partial charge in [0.2, 0.25) is 5.91 Å². The average Bonchev–Trinajstić information content (AvgIpc) is 2.04. The molecular weight excluding hydrogens is 168 g/mol. The molecule has 0 aromatic carbocycles. The number of amides is 1. The van der Waals surface area contributed by atoms with Gasteiger partial charge >= 0.3 is 0 Å². The topological polar surface area (TPSA) is 78.7 Å². The number of hydrogen-bond donors (Lipinski definition) is 1. The van der Waals surface area contributed by atoms with Crippen LogP contribution in [-0.2, 0) is 4.79 Å². The summed E-state index contributed by atoms with van der Waals surface area (Å²) < 4.78 is 0. The van der Waals surface area contributed by atoms with Gasteiger partial charge in [-0.15, -0.1) is 0 Å². The number of rotatable bonds is 2. The summed E-state index contributed by atoms with van der Waals surface area (Å²) >= 11 is 0. The van der Waals surface area contributed by atoms with Crippen LogP contribution in [-0.4, -0.2) is 15.9 Å². The van der Waals surface area contributed by atoms with E-state index in [1.54, 1.807) is 25.3 Å². The lowest BCUT2D eigenvalue weighted by Gasteiger charge is -2.00. The van der Waals surface area contributed by atoms with Gasteiger partial charge in [-0.2, -0.15) is 5.26 Å². The van der Waals surface area contributed by atoms with Crippen molar-refractivity contribution in [1.29, 1.82) is 5.26 Å². The quantitative estimate of drug-likeness (QED) is 0.717. The van der Waals surface area contributed by atoms with Gasteiger partial charge in [0.25, 0.3) is 0 Å². The molecule has 0 aliphatic rings. The molecule has 0 radical (unpaired) electrons. The maximum atomic E-state index is 10.9. The molecular formula is C8H8N4O. The van der Waals surface area contributed by atoms with E-state index >= 15 is 0 Å². The molecule has 5 heteroatoms. The SMILES string of the molecule is Cc1nccc(NC(=O)CC#N)n1. The number of aryl methyl sites for hydroxylation is 1. The number of aromatic nitrogens is 2. The molecule has 0 saturated heterocycles. The maximum Gasteiger partial charge on any atom is 0.239 e. The molecule has 0 aliphatic carbocycles. The van der Waals surface area contributed by atoms with E-state index < -0.39 is 0 Å². The minimum Gasteiger partial charge on any atom is -0.310 e. The van der Waals surface area contributed by atoms with Crippen molar-refractivity contribution in [1.82, 2.24) is 9.97 Å². The van der Waals surface area contributed by atoms with Crippen molar-refractivity contribution in [3.05, 3.63) is 18.1 Å². The van der Waals surface area contributed by atoms with Gasteiger partial charge in [0, 0.05) is 6.20 Å². The fourth-order valence-electron chi connectivity index (χ4n) is 0.785. The number of carbonyl (C=O) groups excluding carboxylic acids is 1. The minimum absolute atomic E-state index is 0.164. The van der Waals surface area contributed by atoms with Gasteiger partial charge in [0.1, 0.15) is 18.1 Å². The van der Waals surface area contributed by atoms with Crippen molar-refractivity contribution in [3.63, 3.8) is 0 Å². The van der Waals surface area contributed by atoms with Crippen molar-refractivity contribution in [2.75, 3.05) is 5.32 Å². The molecule has 1 N–H and O–H groups in total. The van der Waals surface area contributed by atoms with E-state index in [0.717, 1.165) is 0 Å². The lowest BCUT2D eigenvalue weighted by Crippen LogP contribution is -2.11. The van der Waals surface area contributed by atoms with Crippen LogP contribution in [0.1, 0.15) is 12.2 Å². The largest absolute Gasteiger partial charge is 0.310 e. The molecule has 0 unspecified atom stereocenters. The molecule has 0 aliphatic heterocycles. The van der Waals surface area contributed by atoms with Crippen molar-refractivity contribution in [2.24, 2.45) is 0 Å². The Morgan fingerprint density at radius 2 is 2.54 bits per heavy atom. The molecule has 5 nitrogen and oxygen atoms in total. The zero-order valence-electron chi connectivity index (χ0n) is 7.11. The van der Waals surface area contributed by atoms with Crippen LogP contribution in [0.3, 0.4) is 0 Å². The number of nitrogens with one attached hydrogen (secondary N) is 1. The summed E-state index contributed by atoms with van der Waals surface area (Å²) in [4.78, 5) is 18.7.